The summed E-state index contributed by atoms with van der Waals surface area (Å²) in [6.07, 6.45) is 2.19. The van der Waals surface area contributed by atoms with E-state index in [1.165, 1.54) is 0 Å². The number of aliphatic hydroxyl groups is 1. The Morgan fingerprint density at radius 1 is 1.44 bits per heavy atom. The van der Waals surface area contributed by atoms with Crippen molar-refractivity contribution in [2.45, 2.75) is 38.9 Å². The van der Waals surface area contributed by atoms with Gasteiger partial charge in [-0.3, -0.25) is 0 Å². The highest BCUT2D eigenvalue weighted by Gasteiger charge is 2.22. The molecule has 2 rings (SSSR count). The molecule has 1 aliphatic rings. The van der Waals surface area contributed by atoms with E-state index in [1.54, 1.807) is 0 Å². The number of ether oxygens (including phenoxy) is 1. The first-order chi connectivity index (χ1) is 8.72. The van der Waals surface area contributed by atoms with E-state index in [0.29, 0.717) is 6.10 Å². The van der Waals surface area contributed by atoms with E-state index in [2.05, 4.69) is 11.0 Å². The molecule has 1 fully saturated rings. The summed E-state index contributed by atoms with van der Waals surface area (Å²) < 4.78 is 5.73. The van der Waals surface area contributed by atoms with E-state index in [4.69, 9.17) is 4.74 Å². The Morgan fingerprint density at radius 3 is 2.94 bits per heavy atom. The van der Waals surface area contributed by atoms with Crippen LogP contribution < -0.4 is 4.90 Å². The van der Waals surface area contributed by atoms with Crippen LogP contribution in [0.25, 0.3) is 0 Å². The average molecular weight is 249 g/mol. The quantitative estimate of drug-likeness (QED) is 0.890. The van der Waals surface area contributed by atoms with Crippen molar-refractivity contribution in [1.82, 2.24) is 0 Å². The Kier molecular flexibility index (Phi) is 4.61. The van der Waals surface area contributed by atoms with Gasteiger partial charge in [-0.15, -0.1) is 0 Å². The van der Waals surface area contributed by atoms with Crippen molar-refractivity contribution in [3.8, 4) is 0 Å². The molecule has 3 heteroatoms. The molecule has 0 amide bonds. The number of rotatable bonds is 4. The van der Waals surface area contributed by atoms with Gasteiger partial charge in [0, 0.05) is 30.9 Å². The lowest BCUT2D eigenvalue weighted by molar-refractivity contribution is 0.0525. The van der Waals surface area contributed by atoms with E-state index in [-0.39, 0.29) is 0 Å². The van der Waals surface area contributed by atoms with Gasteiger partial charge in [0.2, 0.25) is 0 Å². The Bertz CT molecular complexity index is 377. The summed E-state index contributed by atoms with van der Waals surface area (Å²) >= 11 is 0. The lowest BCUT2D eigenvalue weighted by Gasteiger charge is -2.35. The molecular weight excluding hydrogens is 226 g/mol. The minimum absolute atomic E-state index is 0.325. The highest BCUT2D eigenvalue weighted by Crippen LogP contribution is 2.28. The first-order valence-corrected chi connectivity index (χ1v) is 6.86. The number of hydrogen-bond donors (Lipinski definition) is 1. The van der Waals surface area contributed by atoms with Crippen LogP contribution in [0, 0.1) is 0 Å². The van der Waals surface area contributed by atoms with Gasteiger partial charge in [-0.2, -0.15) is 0 Å². The lowest BCUT2D eigenvalue weighted by atomic mass is 10.0. The van der Waals surface area contributed by atoms with E-state index in [1.807, 2.05) is 32.0 Å². The molecule has 0 radical (unpaired) electrons. The van der Waals surface area contributed by atoms with Gasteiger partial charge in [0.1, 0.15) is 0 Å². The second-order valence-electron chi connectivity index (χ2n) is 4.90. The summed E-state index contributed by atoms with van der Waals surface area (Å²) in [4.78, 5) is 2.34. The lowest BCUT2D eigenvalue weighted by Crippen LogP contribution is -2.40. The molecule has 2 unspecified atom stereocenters. The summed E-state index contributed by atoms with van der Waals surface area (Å²) in [7, 11) is 0. The molecule has 1 N–H and O–H groups in total. The monoisotopic (exact) mass is 249 g/mol. The Labute approximate surface area is 109 Å². The van der Waals surface area contributed by atoms with E-state index in [9.17, 15) is 5.11 Å². The fourth-order valence-electron chi connectivity index (χ4n) is 2.66. The van der Waals surface area contributed by atoms with Crippen LogP contribution in [-0.4, -0.2) is 30.9 Å². The Balaban J connectivity index is 2.15. The maximum Gasteiger partial charge on any atom is 0.0781 e. The van der Waals surface area contributed by atoms with Crippen LogP contribution in [0.15, 0.2) is 24.3 Å². The topological polar surface area (TPSA) is 32.7 Å². The normalized spacial score (nSPS) is 21.9. The number of piperidine rings is 1. The standard InChI is InChI=1S/C15H23NO2/c1-3-18-13-7-6-10-16(11-13)15-9-5-4-8-14(15)12(2)17/h4-5,8-9,12-13,17H,3,6-7,10-11H2,1-2H3. The molecule has 3 nitrogen and oxygen atoms in total. The summed E-state index contributed by atoms with van der Waals surface area (Å²) in [6.45, 7) is 6.62. The number of nitrogens with zero attached hydrogens (tertiary/aromatic N) is 1. The minimum Gasteiger partial charge on any atom is -0.389 e. The van der Waals surface area contributed by atoms with Crippen molar-refractivity contribution >= 4 is 5.69 Å². The first kappa shape index (κ1) is 13.4. The van der Waals surface area contributed by atoms with Crippen LogP contribution >= 0.6 is 0 Å². The average Bonchev–Trinajstić information content (AvgIpc) is 2.39. The van der Waals surface area contributed by atoms with Crippen molar-refractivity contribution in [2.24, 2.45) is 0 Å². The van der Waals surface area contributed by atoms with Gasteiger partial charge >= 0.3 is 0 Å². The molecule has 0 aromatic heterocycles. The van der Waals surface area contributed by atoms with Crippen LogP contribution in [0.4, 0.5) is 5.69 Å². The van der Waals surface area contributed by atoms with Crippen LogP contribution in [0.5, 0.6) is 0 Å². The molecule has 1 heterocycles. The van der Waals surface area contributed by atoms with Crippen molar-refractivity contribution in [3.05, 3.63) is 29.8 Å². The van der Waals surface area contributed by atoms with E-state index in [0.717, 1.165) is 43.8 Å². The van der Waals surface area contributed by atoms with Crippen molar-refractivity contribution < 1.29 is 9.84 Å². The number of hydrogen-bond acceptors (Lipinski definition) is 3. The van der Waals surface area contributed by atoms with Crippen LogP contribution in [0.3, 0.4) is 0 Å². The van der Waals surface area contributed by atoms with Gasteiger partial charge < -0.3 is 14.7 Å². The van der Waals surface area contributed by atoms with Crippen LogP contribution in [-0.2, 0) is 4.74 Å². The highest BCUT2D eigenvalue weighted by molar-refractivity contribution is 5.55. The zero-order chi connectivity index (χ0) is 13.0. The zero-order valence-electron chi connectivity index (χ0n) is 11.3. The second-order valence-corrected chi connectivity index (χ2v) is 4.90. The van der Waals surface area contributed by atoms with Gasteiger partial charge in [0.05, 0.1) is 12.2 Å². The van der Waals surface area contributed by atoms with Gasteiger partial charge in [0.25, 0.3) is 0 Å². The molecule has 0 aliphatic carbocycles. The fraction of sp³-hybridized carbons (Fsp3) is 0.600. The van der Waals surface area contributed by atoms with Gasteiger partial charge in [0.15, 0.2) is 0 Å². The first-order valence-electron chi connectivity index (χ1n) is 6.86. The summed E-state index contributed by atoms with van der Waals surface area (Å²) in [5, 5.41) is 9.85. The Hall–Kier alpha value is -1.06. The molecule has 1 aromatic rings. The third-order valence-electron chi connectivity index (χ3n) is 3.51. The molecule has 1 saturated heterocycles. The van der Waals surface area contributed by atoms with E-state index >= 15 is 0 Å². The molecule has 18 heavy (non-hydrogen) atoms. The van der Waals surface area contributed by atoms with Crippen LogP contribution in [0.1, 0.15) is 38.4 Å². The molecule has 0 saturated carbocycles. The summed E-state index contributed by atoms with van der Waals surface area (Å²) in [5.74, 6) is 0. The van der Waals surface area contributed by atoms with E-state index < -0.39 is 6.10 Å². The van der Waals surface area contributed by atoms with Crippen LogP contribution in [0.2, 0.25) is 0 Å². The highest BCUT2D eigenvalue weighted by atomic mass is 16.5. The minimum atomic E-state index is -0.423. The number of anilines is 1. The maximum absolute atomic E-state index is 9.85. The number of benzene rings is 1. The predicted molar refractivity (Wildman–Crippen MR) is 73.9 cm³/mol. The number of aliphatic hydroxyl groups excluding tert-OH is 1. The summed E-state index contributed by atoms with van der Waals surface area (Å²) in [5.41, 5.74) is 2.16. The third kappa shape index (κ3) is 3.03. The van der Waals surface area contributed by atoms with Gasteiger partial charge in [-0.1, -0.05) is 18.2 Å². The fourth-order valence-corrected chi connectivity index (χ4v) is 2.66. The largest absolute Gasteiger partial charge is 0.389 e. The van der Waals surface area contributed by atoms with Gasteiger partial charge in [-0.05, 0) is 32.8 Å². The maximum atomic E-state index is 9.85. The molecule has 1 aromatic carbocycles. The summed E-state index contributed by atoms with van der Waals surface area (Å²) in [6, 6.07) is 8.11. The van der Waals surface area contributed by atoms with Crippen molar-refractivity contribution in [3.63, 3.8) is 0 Å². The van der Waals surface area contributed by atoms with Crippen molar-refractivity contribution in [1.29, 1.82) is 0 Å². The van der Waals surface area contributed by atoms with Gasteiger partial charge in [-0.25, -0.2) is 0 Å². The third-order valence-corrected chi connectivity index (χ3v) is 3.51. The molecular formula is C15H23NO2. The SMILES string of the molecule is CCOC1CCCN(c2ccccc2C(C)O)C1. The van der Waals surface area contributed by atoms with Crippen molar-refractivity contribution in [2.75, 3.05) is 24.6 Å². The molecule has 100 valence electrons. The molecule has 0 bridgehead atoms. The molecule has 0 spiro atoms. The molecule has 2 atom stereocenters. The number of para-hydroxylation sites is 1. The Morgan fingerprint density at radius 2 is 2.22 bits per heavy atom. The predicted octanol–water partition coefficient (Wildman–Crippen LogP) is 2.75. The second kappa shape index (κ2) is 6.21. The zero-order valence-corrected chi connectivity index (χ0v) is 11.3. The smallest absolute Gasteiger partial charge is 0.0781 e. The molecule has 1 aliphatic heterocycles.